The normalized spacial score (nSPS) is 24.5. The van der Waals surface area contributed by atoms with E-state index in [2.05, 4.69) is 18.7 Å². The predicted octanol–water partition coefficient (Wildman–Crippen LogP) is 1.13. The molecule has 19 heavy (non-hydrogen) atoms. The molecule has 0 aliphatic carbocycles. The first-order valence-corrected chi connectivity index (χ1v) is 6.85. The molecule has 0 radical (unpaired) electrons. The molecule has 0 spiro atoms. The quantitative estimate of drug-likeness (QED) is 0.805. The molecule has 0 bridgehead atoms. The van der Waals surface area contributed by atoms with Crippen LogP contribution in [0.25, 0.3) is 0 Å². The molecule has 5 heteroatoms. The van der Waals surface area contributed by atoms with Gasteiger partial charge >= 0.3 is 7.12 Å². The molecular formula is C14H21BFNO2. The summed E-state index contributed by atoms with van der Waals surface area (Å²) in [5.74, 6) is 0.242. The van der Waals surface area contributed by atoms with Crippen molar-refractivity contribution in [2.24, 2.45) is 5.92 Å². The van der Waals surface area contributed by atoms with Crippen molar-refractivity contribution in [3.05, 3.63) is 29.6 Å². The molecule has 1 aromatic rings. The average Bonchev–Trinajstić information content (AvgIpc) is 2.33. The summed E-state index contributed by atoms with van der Waals surface area (Å²) in [7, 11) is -1.62. The highest BCUT2D eigenvalue weighted by atomic mass is 19.1. The topological polar surface area (TPSA) is 43.7 Å². The maximum Gasteiger partial charge on any atom is 0.488 e. The van der Waals surface area contributed by atoms with E-state index in [4.69, 9.17) is 10.0 Å². The molecule has 1 aliphatic rings. The van der Waals surface area contributed by atoms with E-state index < -0.39 is 12.9 Å². The van der Waals surface area contributed by atoms with Gasteiger partial charge in [0.2, 0.25) is 0 Å². The lowest BCUT2D eigenvalue weighted by Gasteiger charge is -2.36. The molecule has 3 nitrogen and oxygen atoms in total. The van der Waals surface area contributed by atoms with Crippen molar-refractivity contribution < 1.29 is 14.4 Å². The Morgan fingerprint density at radius 2 is 2.00 bits per heavy atom. The van der Waals surface area contributed by atoms with Crippen LogP contribution >= 0.6 is 0 Å². The highest BCUT2D eigenvalue weighted by molar-refractivity contribution is 6.58. The molecule has 104 valence electrons. The van der Waals surface area contributed by atoms with Gasteiger partial charge in [-0.15, -0.1) is 0 Å². The van der Waals surface area contributed by atoms with Crippen molar-refractivity contribution in [3.63, 3.8) is 0 Å². The molecule has 2 rings (SSSR count). The Labute approximate surface area is 114 Å². The minimum absolute atomic E-state index is 0.215. The van der Waals surface area contributed by atoms with Crippen LogP contribution in [-0.4, -0.2) is 34.7 Å². The lowest BCUT2D eigenvalue weighted by Crippen LogP contribution is -2.40. The summed E-state index contributed by atoms with van der Waals surface area (Å²) in [6.45, 7) is 6.08. The molecule has 0 saturated carbocycles. The largest absolute Gasteiger partial charge is 0.488 e. The van der Waals surface area contributed by atoms with E-state index in [0.29, 0.717) is 18.5 Å². The van der Waals surface area contributed by atoms with Crippen LogP contribution in [-0.2, 0) is 6.54 Å². The van der Waals surface area contributed by atoms with Crippen LogP contribution < -0.4 is 5.46 Å². The Morgan fingerprint density at radius 1 is 1.26 bits per heavy atom. The zero-order valence-electron chi connectivity index (χ0n) is 11.5. The van der Waals surface area contributed by atoms with Gasteiger partial charge < -0.3 is 10.0 Å². The van der Waals surface area contributed by atoms with E-state index in [1.54, 1.807) is 6.07 Å². The second-order valence-electron chi connectivity index (χ2n) is 5.73. The SMILES string of the molecule is CC1CCC(C)N(Cc2cc(F)cc(B(O)O)c2)C1. The third-order valence-corrected chi connectivity index (χ3v) is 3.91. The fourth-order valence-corrected chi connectivity index (χ4v) is 2.75. The van der Waals surface area contributed by atoms with Crippen LogP contribution in [0.2, 0.25) is 0 Å². The lowest BCUT2D eigenvalue weighted by molar-refractivity contribution is 0.117. The van der Waals surface area contributed by atoms with Gasteiger partial charge in [0.15, 0.2) is 0 Å². The van der Waals surface area contributed by atoms with Gasteiger partial charge in [0.25, 0.3) is 0 Å². The highest BCUT2D eigenvalue weighted by Gasteiger charge is 2.23. The van der Waals surface area contributed by atoms with Crippen LogP contribution in [0.15, 0.2) is 18.2 Å². The van der Waals surface area contributed by atoms with E-state index in [0.717, 1.165) is 24.6 Å². The first-order chi connectivity index (χ1) is 8.95. The number of piperidine rings is 1. The average molecular weight is 265 g/mol. The van der Waals surface area contributed by atoms with Crippen molar-refractivity contribution in [1.82, 2.24) is 4.90 Å². The molecule has 0 amide bonds. The van der Waals surface area contributed by atoms with Gasteiger partial charge in [-0.1, -0.05) is 13.0 Å². The van der Waals surface area contributed by atoms with Crippen molar-refractivity contribution in [2.75, 3.05) is 6.54 Å². The first-order valence-electron chi connectivity index (χ1n) is 6.85. The van der Waals surface area contributed by atoms with E-state index in [1.165, 1.54) is 12.5 Å². The smallest absolute Gasteiger partial charge is 0.423 e. The minimum atomic E-state index is -1.62. The molecule has 2 unspecified atom stereocenters. The van der Waals surface area contributed by atoms with Gasteiger partial charge in [-0.05, 0) is 48.8 Å². The summed E-state index contributed by atoms with van der Waals surface area (Å²) in [6, 6.07) is 4.79. The summed E-state index contributed by atoms with van der Waals surface area (Å²) in [5.41, 5.74) is 1.01. The summed E-state index contributed by atoms with van der Waals surface area (Å²) in [5, 5.41) is 18.3. The maximum atomic E-state index is 13.5. The fourth-order valence-electron chi connectivity index (χ4n) is 2.75. The van der Waals surface area contributed by atoms with Crippen molar-refractivity contribution in [3.8, 4) is 0 Å². The molecule has 2 atom stereocenters. The van der Waals surface area contributed by atoms with Gasteiger partial charge in [-0.3, -0.25) is 4.90 Å². The van der Waals surface area contributed by atoms with Crippen molar-refractivity contribution >= 4 is 12.6 Å². The second-order valence-corrected chi connectivity index (χ2v) is 5.73. The molecule has 1 heterocycles. The third-order valence-electron chi connectivity index (χ3n) is 3.91. The molecule has 1 aromatic carbocycles. The van der Waals surface area contributed by atoms with Gasteiger partial charge in [-0.2, -0.15) is 0 Å². The van der Waals surface area contributed by atoms with Crippen LogP contribution in [0.1, 0.15) is 32.3 Å². The van der Waals surface area contributed by atoms with E-state index in [9.17, 15) is 4.39 Å². The van der Waals surface area contributed by atoms with E-state index in [1.807, 2.05) is 0 Å². The summed E-state index contributed by atoms with van der Waals surface area (Å²) in [6.07, 6.45) is 2.40. The third kappa shape index (κ3) is 3.78. The standard InChI is InChI=1S/C14H21BFNO2/c1-10-3-4-11(2)17(8-10)9-12-5-13(15(18)19)7-14(16)6-12/h5-7,10-11,18-19H,3-4,8-9H2,1-2H3. The van der Waals surface area contributed by atoms with E-state index >= 15 is 0 Å². The van der Waals surface area contributed by atoms with Crippen molar-refractivity contribution in [1.29, 1.82) is 0 Å². The number of hydrogen-bond acceptors (Lipinski definition) is 3. The summed E-state index contributed by atoms with van der Waals surface area (Å²) < 4.78 is 13.5. The Hall–Kier alpha value is -0.905. The molecule has 1 fully saturated rings. The Morgan fingerprint density at radius 3 is 2.68 bits per heavy atom. The minimum Gasteiger partial charge on any atom is -0.423 e. The predicted molar refractivity (Wildman–Crippen MR) is 74.5 cm³/mol. The zero-order chi connectivity index (χ0) is 14.0. The number of nitrogens with zero attached hydrogens (tertiary/aromatic N) is 1. The molecule has 0 aromatic heterocycles. The second kappa shape index (κ2) is 6.03. The lowest BCUT2D eigenvalue weighted by atomic mass is 9.79. The molecule has 2 N–H and O–H groups in total. The number of likely N-dealkylation sites (tertiary alicyclic amines) is 1. The van der Waals surface area contributed by atoms with Gasteiger partial charge in [0, 0.05) is 19.1 Å². The van der Waals surface area contributed by atoms with Crippen LogP contribution in [0.4, 0.5) is 4.39 Å². The van der Waals surface area contributed by atoms with Crippen LogP contribution in [0.3, 0.4) is 0 Å². The van der Waals surface area contributed by atoms with Crippen LogP contribution in [0, 0.1) is 11.7 Å². The maximum absolute atomic E-state index is 13.5. The van der Waals surface area contributed by atoms with Crippen LogP contribution in [0.5, 0.6) is 0 Å². The van der Waals surface area contributed by atoms with Crippen molar-refractivity contribution in [2.45, 2.75) is 39.3 Å². The van der Waals surface area contributed by atoms with Gasteiger partial charge in [-0.25, -0.2) is 4.39 Å². The number of benzene rings is 1. The molecule has 1 aliphatic heterocycles. The van der Waals surface area contributed by atoms with Gasteiger partial charge in [0.05, 0.1) is 0 Å². The monoisotopic (exact) mass is 265 g/mol. The Balaban J connectivity index is 2.13. The Kier molecular flexibility index (Phi) is 4.60. The highest BCUT2D eigenvalue weighted by Crippen LogP contribution is 2.23. The number of hydrogen-bond donors (Lipinski definition) is 2. The summed E-state index contributed by atoms with van der Waals surface area (Å²) in [4.78, 5) is 2.33. The first kappa shape index (κ1) is 14.5. The molecular weight excluding hydrogens is 244 g/mol. The molecule has 1 saturated heterocycles. The zero-order valence-corrected chi connectivity index (χ0v) is 11.5. The van der Waals surface area contributed by atoms with Gasteiger partial charge in [0.1, 0.15) is 5.82 Å². The fraction of sp³-hybridized carbons (Fsp3) is 0.571. The summed E-state index contributed by atoms with van der Waals surface area (Å²) >= 11 is 0. The van der Waals surface area contributed by atoms with E-state index in [-0.39, 0.29) is 5.46 Å². The number of rotatable bonds is 3. The Bertz CT molecular complexity index is 441. The number of halogens is 1.